The minimum Gasteiger partial charge on any atom is -0.339 e. The number of carbonyl (C=O) groups excluding carboxylic acids is 1. The summed E-state index contributed by atoms with van der Waals surface area (Å²) >= 11 is 5.95. The van der Waals surface area contributed by atoms with E-state index in [1.807, 2.05) is 35.5 Å². The van der Waals surface area contributed by atoms with Gasteiger partial charge in [-0.2, -0.15) is 5.10 Å². The summed E-state index contributed by atoms with van der Waals surface area (Å²) in [7, 11) is 0. The Morgan fingerprint density at radius 1 is 1.17 bits per heavy atom. The highest BCUT2D eigenvalue weighted by molar-refractivity contribution is 6.30. The van der Waals surface area contributed by atoms with Gasteiger partial charge in [0.15, 0.2) is 0 Å². The van der Waals surface area contributed by atoms with Crippen LogP contribution in [-0.4, -0.2) is 64.4 Å². The number of likely N-dealkylation sites (tertiary alicyclic amines) is 1. The molecule has 2 N–H and O–H groups in total. The van der Waals surface area contributed by atoms with Gasteiger partial charge < -0.3 is 15.5 Å². The lowest BCUT2D eigenvalue weighted by molar-refractivity contribution is -0.136. The Kier molecular flexibility index (Phi) is 6.84. The van der Waals surface area contributed by atoms with E-state index >= 15 is 0 Å². The Hall–Kier alpha value is -1.79. The lowest BCUT2D eigenvalue weighted by Gasteiger charge is -2.42. The number of rotatable bonds is 5. The summed E-state index contributed by atoms with van der Waals surface area (Å²) in [5, 5.41) is 7.65. The van der Waals surface area contributed by atoms with Gasteiger partial charge in [-0.25, -0.2) is 0 Å². The fourth-order valence-corrected chi connectivity index (χ4v) is 5.25. The summed E-state index contributed by atoms with van der Waals surface area (Å²) in [6, 6.07) is 8.26. The van der Waals surface area contributed by atoms with Gasteiger partial charge in [-0.15, -0.1) is 0 Å². The highest BCUT2D eigenvalue weighted by atomic mass is 35.5. The first-order valence-electron chi connectivity index (χ1n) is 11.4. The second-order valence-electron chi connectivity index (χ2n) is 9.11. The number of halogens is 1. The molecule has 30 heavy (non-hydrogen) atoms. The van der Waals surface area contributed by atoms with Crippen molar-refractivity contribution < 1.29 is 4.79 Å². The molecule has 0 bridgehead atoms. The van der Waals surface area contributed by atoms with Gasteiger partial charge >= 0.3 is 0 Å². The molecule has 0 radical (unpaired) electrons. The van der Waals surface area contributed by atoms with Crippen LogP contribution < -0.4 is 5.73 Å². The Morgan fingerprint density at radius 3 is 2.60 bits per heavy atom. The van der Waals surface area contributed by atoms with Crippen LogP contribution >= 0.6 is 11.6 Å². The predicted molar refractivity (Wildman–Crippen MR) is 121 cm³/mol. The number of piperidine rings is 1. The van der Waals surface area contributed by atoms with Crippen LogP contribution in [0, 0.1) is 0 Å². The topological polar surface area (TPSA) is 65.2 Å². The zero-order valence-electron chi connectivity index (χ0n) is 17.9. The molecule has 3 aliphatic rings. The van der Waals surface area contributed by atoms with E-state index < -0.39 is 6.04 Å². The molecule has 1 aromatic rings. The molecule has 1 amide bonds. The number of hydrogen-bond donors (Lipinski definition) is 1. The van der Waals surface area contributed by atoms with Gasteiger partial charge in [0.25, 0.3) is 0 Å². The van der Waals surface area contributed by atoms with Gasteiger partial charge in [0.1, 0.15) is 13.0 Å². The van der Waals surface area contributed by atoms with Crippen LogP contribution in [0.5, 0.6) is 0 Å². The van der Waals surface area contributed by atoms with E-state index in [4.69, 9.17) is 22.4 Å². The number of hydrazone groups is 1. The van der Waals surface area contributed by atoms with Gasteiger partial charge in [0, 0.05) is 23.7 Å². The summed E-state index contributed by atoms with van der Waals surface area (Å²) in [6.07, 6.45) is 11.1. The van der Waals surface area contributed by atoms with E-state index in [1.54, 1.807) is 0 Å². The van der Waals surface area contributed by atoms with E-state index in [0.29, 0.717) is 23.5 Å². The van der Waals surface area contributed by atoms with Crippen LogP contribution in [0.25, 0.3) is 0 Å². The fourth-order valence-electron chi connectivity index (χ4n) is 5.13. The van der Waals surface area contributed by atoms with Crippen LogP contribution in [0.15, 0.2) is 29.4 Å². The Morgan fingerprint density at radius 2 is 1.90 bits per heavy atom. The first-order chi connectivity index (χ1) is 14.5. The van der Waals surface area contributed by atoms with Crippen molar-refractivity contribution >= 4 is 23.8 Å². The van der Waals surface area contributed by atoms with E-state index in [9.17, 15) is 4.79 Å². The summed E-state index contributed by atoms with van der Waals surface area (Å²) < 4.78 is 0. The Bertz CT molecular complexity index is 748. The second kappa shape index (κ2) is 9.56. The van der Waals surface area contributed by atoms with Crippen LogP contribution in [0.2, 0.25) is 5.02 Å². The molecular formula is C23H34ClN5O. The molecule has 3 atom stereocenters. The maximum Gasteiger partial charge on any atom is 0.240 e. The zero-order chi connectivity index (χ0) is 21.1. The van der Waals surface area contributed by atoms with Crippen LogP contribution in [0.1, 0.15) is 57.4 Å². The van der Waals surface area contributed by atoms with Crippen LogP contribution in [0.4, 0.5) is 0 Å². The first kappa shape index (κ1) is 21.4. The van der Waals surface area contributed by atoms with Crippen molar-refractivity contribution in [2.45, 2.75) is 82.5 Å². The van der Waals surface area contributed by atoms with Crippen molar-refractivity contribution in [3.63, 3.8) is 0 Å². The van der Waals surface area contributed by atoms with Crippen molar-refractivity contribution in [3.8, 4) is 0 Å². The third kappa shape index (κ3) is 4.92. The molecule has 4 rings (SSSR count). The monoisotopic (exact) mass is 431 g/mol. The van der Waals surface area contributed by atoms with Gasteiger partial charge in [0.05, 0.1) is 12.1 Å². The molecule has 2 aliphatic heterocycles. The average molecular weight is 432 g/mol. The third-order valence-electron chi connectivity index (χ3n) is 6.94. The quantitative estimate of drug-likeness (QED) is 0.775. The minimum absolute atomic E-state index is 0.0460. The van der Waals surface area contributed by atoms with Gasteiger partial charge in [-0.3, -0.25) is 9.80 Å². The lowest BCUT2D eigenvalue weighted by Crippen LogP contribution is -2.55. The molecule has 3 unspecified atom stereocenters. The van der Waals surface area contributed by atoms with Gasteiger partial charge in [-0.05, 0) is 56.7 Å². The van der Waals surface area contributed by atoms with Crippen molar-refractivity contribution in [3.05, 3.63) is 34.9 Å². The van der Waals surface area contributed by atoms with Crippen LogP contribution in [0.3, 0.4) is 0 Å². The van der Waals surface area contributed by atoms with Crippen molar-refractivity contribution in [1.29, 1.82) is 0 Å². The number of benzene rings is 1. The van der Waals surface area contributed by atoms with E-state index in [-0.39, 0.29) is 11.9 Å². The summed E-state index contributed by atoms with van der Waals surface area (Å²) in [4.78, 5) is 17.4. The second-order valence-corrected chi connectivity index (χ2v) is 9.55. The summed E-state index contributed by atoms with van der Waals surface area (Å²) in [5.41, 5.74) is 7.31. The number of carbonyl (C=O) groups is 1. The predicted octanol–water partition coefficient (Wildman–Crippen LogP) is 3.44. The Labute approximate surface area is 185 Å². The number of nitrogens with zero attached hydrogens (tertiary/aromatic N) is 4. The Balaban J connectivity index is 1.28. The number of amides is 1. The number of hydrogen-bond acceptors (Lipinski definition) is 5. The van der Waals surface area contributed by atoms with Crippen LogP contribution in [-0.2, 0) is 11.2 Å². The maximum absolute atomic E-state index is 13.0. The molecule has 0 aromatic heterocycles. The lowest BCUT2D eigenvalue weighted by atomic mass is 9.94. The SMILES string of the molecule is CC1CC(N2CN(C3CCCCC3)C=N2)CCN1C(=O)C(N)Cc1ccc(Cl)cc1. The van der Waals surface area contributed by atoms with Crippen molar-refractivity contribution in [2.75, 3.05) is 13.2 Å². The average Bonchev–Trinajstić information content (AvgIpc) is 3.26. The molecule has 1 aromatic carbocycles. The molecule has 1 aliphatic carbocycles. The van der Waals surface area contributed by atoms with E-state index in [1.165, 1.54) is 32.1 Å². The maximum atomic E-state index is 13.0. The molecular weight excluding hydrogens is 398 g/mol. The van der Waals surface area contributed by atoms with Crippen molar-refractivity contribution in [1.82, 2.24) is 14.8 Å². The van der Waals surface area contributed by atoms with Gasteiger partial charge in [0.2, 0.25) is 5.91 Å². The highest BCUT2D eigenvalue weighted by Crippen LogP contribution is 2.28. The van der Waals surface area contributed by atoms with Gasteiger partial charge in [-0.1, -0.05) is 43.0 Å². The van der Waals surface area contributed by atoms with E-state index in [0.717, 1.165) is 31.6 Å². The first-order valence-corrected chi connectivity index (χ1v) is 11.8. The molecule has 7 heteroatoms. The van der Waals surface area contributed by atoms with Crippen molar-refractivity contribution in [2.24, 2.45) is 10.8 Å². The third-order valence-corrected chi connectivity index (χ3v) is 7.19. The molecule has 164 valence electrons. The fraction of sp³-hybridized carbons (Fsp3) is 0.652. The normalized spacial score (nSPS) is 26.3. The largest absolute Gasteiger partial charge is 0.339 e. The number of nitrogens with two attached hydrogens (primary N) is 1. The minimum atomic E-state index is -0.517. The molecule has 0 spiro atoms. The summed E-state index contributed by atoms with van der Waals surface area (Å²) in [5.74, 6) is 0.0460. The smallest absolute Gasteiger partial charge is 0.240 e. The molecule has 2 heterocycles. The zero-order valence-corrected chi connectivity index (χ0v) is 18.7. The van der Waals surface area contributed by atoms with E-state index in [2.05, 4.69) is 16.8 Å². The molecule has 6 nitrogen and oxygen atoms in total. The summed E-state index contributed by atoms with van der Waals surface area (Å²) in [6.45, 7) is 3.78. The molecule has 1 saturated carbocycles. The molecule has 2 fully saturated rings. The highest BCUT2D eigenvalue weighted by Gasteiger charge is 2.35. The molecule has 1 saturated heterocycles. The standard InChI is InChI=1S/C23H34ClN5O/c1-17-13-21(29-16-27(15-26-29)20-5-3-2-4-6-20)11-12-28(17)23(30)22(25)14-18-7-9-19(24)10-8-18/h7-10,15,17,20-22H,2-6,11-14,16,25H2,1H3.